The van der Waals surface area contributed by atoms with Crippen LogP contribution in [0.2, 0.25) is 0 Å². The Bertz CT molecular complexity index is 4840. The van der Waals surface area contributed by atoms with Crippen LogP contribution in [0.1, 0.15) is 79.0 Å². The molecule has 5 heteroatoms. The second kappa shape index (κ2) is 24.2. The number of anilines is 12. The van der Waals surface area contributed by atoms with Crippen LogP contribution >= 0.6 is 0 Å². The van der Waals surface area contributed by atoms with Crippen molar-refractivity contribution in [2.75, 3.05) is 19.6 Å². The topological polar surface area (TPSA) is 13.0 Å². The first-order valence-corrected chi connectivity index (χ1v) is 33.5. The minimum Gasteiger partial charge on any atom is -0.311 e. The normalized spacial score (nSPS) is 12.6. The Balaban J connectivity index is 1.01. The van der Waals surface area contributed by atoms with Crippen LogP contribution in [0.25, 0.3) is 44.5 Å². The predicted octanol–water partition coefficient (Wildman–Crippen LogP) is 23.3. The summed E-state index contributed by atoms with van der Waals surface area (Å²) < 4.78 is 0. The van der Waals surface area contributed by atoms with E-state index in [1.165, 1.54) is 55.3 Å². The minimum absolute atomic E-state index is 0.00811. The van der Waals surface area contributed by atoms with E-state index in [4.69, 9.17) is 0 Å². The molecule has 15 rings (SSSR count). The van der Waals surface area contributed by atoms with Gasteiger partial charge in [0, 0.05) is 68.1 Å². The summed E-state index contributed by atoms with van der Waals surface area (Å²) in [5.41, 5.74) is 30.0. The van der Waals surface area contributed by atoms with E-state index in [9.17, 15) is 0 Å². The van der Waals surface area contributed by atoms with Crippen molar-refractivity contribution in [3.8, 4) is 44.5 Å². The van der Waals surface area contributed by atoms with Gasteiger partial charge in [-0.1, -0.05) is 275 Å². The fourth-order valence-electron chi connectivity index (χ4n) is 14.2. The highest BCUT2D eigenvalue weighted by atomic mass is 15.2. The molecule has 0 aromatic heterocycles. The van der Waals surface area contributed by atoms with Crippen molar-refractivity contribution in [3.05, 3.63) is 332 Å². The molecule has 2 aliphatic heterocycles. The molecule has 2 aliphatic rings. The number of rotatable bonds is 12. The van der Waals surface area contributed by atoms with Gasteiger partial charge in [-0.2, -0.15) is 0 Å². The third-order valence-corrected chi connectivity index (χ3v) is 19.3. The lowest BCUT2D eigenvalue weighted by Gasteiger charge is -2.45. The van der Waals surface area contributed by atoms with Crippen LogP contribution in [0.5, 0.6) is 0 Å². The summed E-state index contributed by atoms with van der Waals surface area (Å²) >= 11 is 0. The third kappa shape index (κ3) is 11.5. The Labute approximate surface area is 562 Å². The molecule has 0 saturated carbocycles. The van der Waals surface area contributed by atoms with Gasteiger partial charge >= 0.3 is 0 Å². The van der Waals surface area contributed by atoms with E-state index in [2.05, 4.69) is 397 Å². The summed E-state index contributed by atoms with van der Waals surface area (Å²) in [4.78, 5) is 10.1. The quantitative estimate of drug-likeness (QED) is 0.113. The predicted molar refractivity (Wildman–Crippen MR) is 408 cm³/mol. The van der Waals surface area contributed by atoms with Gasteiger partial charge in [0.2, 0.25) is 0 Å². The van der Waals surface area contributed by atoms with Gasteiger partial charge in [-0.25, -0.2) is 0 Å². The van der Waals surface area contributed by atoms with Gasteiger partial charge in [0.1, 0.15) is 0 Å². The standard InChI is InChI=1S/C90H79BN4/c1-88(2,3)69-38-48-72(49-39-69)92(73-50-40-70(41-51-73)89(4,5)6)77-54-56-80-83(60-77)94(75-44-34-65(35-45-75)62-24-14-10-15-25-62)85-58-68(64-28-18-12-19-29-64)59-86-87(85)91(80)81-57-55-78(61-84(81)95(86)76-46-36-66(37-47-76)63-26-16-11-17-27-63)93(74-52-42-71(43-53-74)90(7,8)9)82-33-23-22-32-79(82)67-30-20-13-21-31-67/h10-61H,1-9H3. The van der Waals surface area contributed by atoms with Crippen molar-refractivity contribution in [2.24, 2.45) is 0 Å². The fourth-order valence-corrected chi connectivity index (χ4v) is 14.2. The molecule has 95 heavy (non-hydrogen) atoms. The molecule has 0 atom stereocenters. The minimum atomic E-state index is -0.181. The number of para-hydroxylation sites is 1. The number of benzene rings is 13. The van der Waals surface area contributed by atoms with Crippen molar-refractivity contribution in [1.82, 2.24) is 0 Å². The molecule has 0 amide bonds. The highest BCUT2D eigenvalue weighted by molar-refractivity contribution is 7.00. The summed E-state index contributed by atoms with van der Waals surface area (Å²) in [5, 5.41) is 0. The molecule has 13 aromatic carbocycles. The van der Waals surface area contributed by atoms with Crippen LogP contribution in [0.15, 0.2) is 315 Å². The summed E-state index contributed by atoms with van der Waals surface area (Å²) in [6, 6.07) is 118. The monoisotopic (exact) mass is 1230 g/mol. The average Bonchev–Trinajstić information content (AvgIpc) is 0.695. The van der Waals surface area contributed by atoms with E-state index in [1.54, 1.807) is 0 Å². The van der Waals surface area contributed by atoms with Crippen molar-refractivity contribution < 1.29 is 0 Å². The van der Waals surface area contributed by atoms with Gasteiger partial charge in [-0.05, 0) is 191 Å². The maximum Gasteiger partial charge on any atom is 0.252 e. The number of hydrogen-bond donors (Lipinski definition) is 0. The first kappa shape index (κ1) is 60.4. The Morgan fingerprint density at radius 1 is 0.253 bits per heavy atom. The molecule has 0 radical (unpaired) electrons. The summed E-state index contributed by atoms with van der Waals surface area (Å²) in [6.45, 7) is 20.4. The first-order valence-electron chi connectivity index (χ1n) is 33.5. The van der Waals surface area contributed by atoms with E-state index < -0.39 is 0 Å². The van der Waals surface area contributed by atoms with E-state index in [1.807, 2.05) is 0 Å². The van der Waals surface area contributed by atoms with Crippen molar-refractivity contribution in [2.45, 2.75) is 78.6 Å². The SMILES string of the molecule is CC(C)(C)c1ccc(N(c2ccc(C(C)(C)C)cc2)c2ccc3c(c2)N(c2ccc(-c4ccccc4)cc2)c2cc(-c4ccccc4)cc4c2B3c2ccc(N(c3ccc(C(C)(C)C)cc3)c3ccccc3-c3ccccc3)cc2N4c2ccc(-c3ccccc3)cc2)cc1. The average molecular weight is 1230 g/mol. The molecule has 0 N–H and O–H groups in total. The number of nitrogens with zero attached hydrogens (tertiary/aromatic N) is 4. The van der Waals surface area contributed by atoms with E-state index >= 15 is 0 Å². The van der Waals surface area contributed by atoms with Crippen LogP contribution in [-0.2, 0) is 16.2 Å². The van der Waals surface area contributed by atoms with Gasteiger partial charge in [-0.15, -0.1) is 0 Å². The smallest absolute Gasteiger partial charge is 0.252 e. The van der Waals surface area contributed by atoms with Gasteiger partial charge in [0.25, 0.3) is 6.71 Å². The Kier molecular flexibility index (Phi) is 15.4. The fraction of sp³-hybridized carbons (Fsp3) is 0.133. The Hall–Kier alpha value is -10.9. The molecule has 0 spiro atoms. The maximum absolute atomic E-state index is 2.57. The molecule has 4 nitrogen and oxygen atoms in total. The zero-order valence-corrected chi connectivity index (χ0v) is 55.9. The molecule has 0 aliphatic carbocycles. The van der Waals surface area contributed by atoms with Gasteiger partial charge in [0.05, 0.1) is 5.69 Å². The number of hydrogen-bond acceptors (Lipinski definition) is 4. The molecule has 0 unspecified atom stereocenters. The summed E-state index contributed by atoms with van der Waals surface area (Å²) in [5.74, 6) is 0. The van der Waals surface area contributed by atoms with Crippen LogP contribution < -0.4 is 36.0 Å². The molecule has 0 fully saturated rings. The summed E-state index contributed by atoms with van der Waals surface area (Å²) in [7, 11) is 0. The largest absolute Gasteiger partial charge is 0.311 e. The molecule has 13 aromatic rings. The zero-order valence-electron chi connectivity index (χ0n) is 55.9. The molecule has 0 bridgehead atoms. The second-order valence-electron chi connectivity index (χ2n) is 28.7. The molecule has 462 valence electrons. The lowest BCUT2D eigenvalue weighted by atomic mass is 9.33. The van der Waals surface area contributed by atoms with Crippen LogP contribution in [0, 0.1) is 0 Å². The zero-order chi connectivity index (χ0) is 65.2. The highest BCUT2D eigenvalue weighted by Crippen LogP contribution is 2.51. The van der Waals surface area contributed by atoms with Crippen LogP contribution in [0.4, 0.5) is 68.2 Å². The van der Waals surface area contributed by atoms with Crippen molar-refractivity contribution in [3.63, 3.8) is 0 Å². The van der Waals surface area contributed by atoms with E-state index in [0.717, 1.165) is 90.5 Å². The van der Waals surface area contributed by atoms with Crippen molar-refractivity contribution in [1.29, 1.82) is 0 Å². The van der Waals surface area contributed by atoms with Gasteiger partial charge in [-0.3, -0.25) is 0 Å². The first-order chi connectivity index (χ1) is 46.0. The Morgan fingerprint density at radius 2 is 0.568 bits per heavy atom. The molecular weight excluding hydrogens is 1150 g/mol. The lowest BCUT2D eigenvalue weighted by Crippen LogP contribution is -2.61. The van der Waals surface area contributed by atoms with Crippen LogP contribution in [-0.4, -0.2) is 6.71 Å². The van der Waals surface area contributed by atoms with E-state index in [0.29, 0.717) is 0 Å². The second-order valence-corrected chi connectivity index (χ2v) is 28.7. The number of fused-ring (bicyclic) bond motifs is 4. The summed E-state index contributed by atoms with van der Waals surface area (Å²) in [6.07, 6.45) is 0. The molecule has 2 heterocycles. The van der Waals surface area contributed by atoms with Crippen molar-refractivity contribution >= 4 is 91.3 Å². The maximum atomic E-state index is 2.57. The molecular formula is C90H79BN4. The molecule has 0 saturated heterocycles. The third-order valence-electron chi connectivity index (χ3n) is 19.3. The van der Waals surface area contributed by atoms with Gasteiger partial charge < -0.3 is 19.6 Å². The van der Waals surface area contributed by atoms with Crippen LogP contribution in [0.3, 0.4) is 0 Å². The van der Waals surface area contributed by atoms with Gasteiger partial charge in [0.15, 0.2) is 0 Å². The Morgan fingerprint density at radius 3 is 0.958 bits per heavy atom. The lowest BCUT2D eigenvalue weighted by molar-refractivity contribution is 0.590. The highest BCUT2D eigenvalue weighted by Gasteiger charge is 2.44. The van der Waals surface area contributed by atoms with E-state index in [-0.39, 0.29) is 23.0 Å².